The summed E-state index contributed by atoms with van der Waals surface area (Å²) in [4.78, 5) is 0. The van der Waals surface area contributed by atoms with Crippen LogP contribution in [-0.4, -0.2) is 12.5 Å². The van der Waals surface area contributed by atoms with Gasteiger partial charge in [-0.05, 0) is 30.6 Å². The minimum absolute atomic E-state index is 0.0278. The minimum atomic E-state index is -2.36. The van der Waals surface area contributed by atoms with Gasteiger partial charge in [0, 0.05) is 0 Å². The molecule has 2 aliphatic carbocycles. The molecule has 1 fully saturated rings. The van der Waals surface area contributed by atoms with Gasteiger partial charge < -0.3 is 5.73 Å². The summed E-state index contributed by atoms with van der Waals surface area (Å²) in [5.41, 5.74) is 5.42. The van der Waals surface area contributed by atoms with E-state index in [9.17, 15) is 8.78 Å². The lowest BCUT2D eigenvalue weighted by molar-refractivity contribution is 0.0815. The van der Waals surface area contributed by atoms with Gasteiger partial charge in [-0.15, -0.1) is 0 Å². The minimum Gasteiger partial charge on any atom is -0.323 e. The summed E-state index contributed by atoms with van der Waals surface area (Å²) in [5, 5.41) is 0. The van der Waals surface area contributed by atoms with Crippen molar-refractivity contribution >= 4 is 0 Å². The average Bonchev–Trinajstić information content (AvgIpc) is 2.62. The van der Waals surface area contributed by atoms with E-state index in [1.54, 1.807) is 0 Å². The highest BCUT2D eigenvalue weighted by Gasteiger charge is 2.41. The molecule has 68 valence electrons. The monoisotopic (exact) mass is 173 g/mol. The van der Waals surface area contributed by atoms with Gasteiger partial charge in [0.1, 0.15) is 0 Å². The number of hydrogen-bond acceptors (Lipinski definition) is 1. The summed E-state index contributed by atoms with van der Waals surface area (Å²) in [6, 6.07) is -0.912. The lowest BCUT2D eigenvalue weighted by Gasteiger charge is -2.24. The second-order valence-electron chi connectivity index (χ2n) is 3.86. The van der Waals surface area contributed by atoms with Crippen LogP contribution in [0.5, 0.6) is 0 Å². The summed E-state index contributed by atoms with van der Waals surface area (Å²) in [6.45, 7) is 0. The number of allylic oxidation sites excluding steroid dienone is 2. The first kappa shape index (κ1) is 8.17. The quantitative estimate of drug-likeness (QED) is 0.633. The fraction of sp³-hybridized carbons (Fsp3) is 0.778. The first-order chi connectivity index (χ1) is 5.68. The molecule has 0 aliphatic heterocycles. The maximum Gasteiger partial charge on any atom is 0.253 e. The molecule has 0 saturated heterocycles. The fourth-order valence-corrected chi connectivity index (χ4v) is 2.45. The van der Waals surface area contributed by atoms with Crippen LogP contribution < -0.4 is 5.73 Å². The molecule has 0 spiro atoms. The van der Waals surface area contributed by atoms with Crippen LogP contribution in [0, 0.1) is 17.8 Å². The van der Waals surface area contributed by atoms with E-state index in [4.69, 9.17) is 5.73 Å². The van der Waals surface area contributed by atoms with Crippen molar-refractivity contribution in [3.05, 3.63) is 12.2 Å². The van der Waals surface area contributed by atoms with Crippen molar-refractivity contribution in [1.29, 1.82) is 0 Å². The standard InChI is InChI=1S/C9H13F2N/c10-9(11)8(12)7-4-5-1-2-6(7)3-5/h1-2,5-9H,3-4,12H2. The molecule has 0 aromatic heterocycles. The molecule has 0 amide bonds. The molecule has 2 N–H and O–H groups in total. The van der Waals surface area contributed by atoms with E-state index in [0.717, 1.165) is 12.8 Å². The molecule has 2 bridgehead atoms. The van der Waals surface area contributed by atoms with Crippen molar-refractivity contribution in [3.8, 4) is 0 Å². The number of hydrogen-bond donors (Lipinski definition) is 1. The van der Waals surface area contributed by atoms with Crippen LogP contribution in [0.15, 0.2) is 12.2 Å². The summed E-state index contributed by atoms with van der Waals surface area (Å²) >= 11 is 0. The maximum absolute atomic E-state index is 12.3. The Morgan fingerprint density at radius 1 is 1.25 bits per heavy atom. The zero-order valence-corrected chi connectivity index (χ0v) is 6.79. The average molecular weight is 173 g/mol. The molecule has 3 heteroatoms. The van der Waals surface area contributed by atoms with E-state index in [2.05, 4.69) is 12.2 Å². The molecule has 0 aromatic rings. The number of halogens is 2. The van der Waals surface area contributed by atoms with Crippen molar-refractivity contribution in [2.24, 2.45) is 23.5 Å². The van der Waals surface area contributed by atoms with Crippen LogP contribution in [0.1, 0.15) is 12.8 Å². The third kappa shape index (κ3) is 1.16. The van der Waals surface area contributed by atoms with E-state index in [-0.39, 0.29) is 5.92 Å². The second kappa shape index (κ2) is 2.80. The topological polar surface area (TPSA) is 26.0 Å². The first-order valence-corrected chi connectivity index (χ1v) is 4.40. The van der Waals surface area contributed by atoms with Crippen molar-refractivity contribution < 1.29 is 8.78 Å². The molecular weight excluding hydrogens is 160 g/mol. The van der Waals surface area contributed by atoms with Crippen molar-refractivity contribution in [1.82, 2.24) is 0 Å². The SMILES string of the molecule is NC(C(F)F)C1CC2C=CC1C2. The first-order valence-electron chi connectivity index (χ1n) is 4.40. The van der Waals surface area contributed by atoms with Gasteiger partial charge in [0.15, 0.2) is 0 Å². The molecule has 4 atom stereocenters. The van der Waals surface area contributed by atoms with Crippen LogP contribution in [0.25, 0.3) is 0 Å². The third-order valence-electron chi connectivity index (χ3n) is 3.12. The van der Waals surface area contributed by atoms with Crippen molar-refractivity contribution in [3.63, 3.8) is 0 Å². The smallest absolute Gasteiger partial charge is 0.253 e. The molecule has 1 nitrogen and oxygen atoms in total. The normalized spacial score (nSPS) is 41.2. The molecule has 0 heterocycles. The fourth-order valence-electron chi connectivity index (χ4n) is 2.45. The van der Waals surface area contributed by atoms with Gasteiger partial charge in [-0.1, -0.05) is 12.2 Å². The van der Waals surface area contributed by atoms with Crippen LogP contribution in [0.2, 0.25) is 0 Å². The van der Waals surface area contributed by atoms with Crippen LogP contribution in [0.3, 0.4) is 0 Å². The molecule has 1 saturated carbocycles. The highest BCUT2D eigenvalue weighted by Crippen LogP contribution is 2.45. The van der Waals surface area contributed by atoms with E-state index in [1.807, 2.05) is 0 Å². The Morgan fingerprint density at radius 2 is 2.00 bits per heavy atom. The van der Waals surface area contributed by atoms with Gasteiger partial charge in [0.25, 0.3) is 6.43 Å². The van der Waals surface area contributed by atoms with Gasteiger partial charge >= 0.3 is 0 Å². The largest absolute Gasteiger partial charge is 0.323 e. The number of rotatable bonds is 2. The number of nitrogens with two attached hydrogens (primary N) is 1. The lowest BCUT2D eigenvalue weighted by atomic mass is 9.87. The Kier molecular flexibility index (Phi) is 1.91. The zero-order chi connectivity index (χ0) is 8.72. The molecule has 12 heavy (non-hydrogen) atoms. The van der Waals surface area contributed by atoms with Crippen LogP contribution in [0.4, 0.5) is 8.78 Å². The molecule has 0 aromatic carbocycles. The van der Waals surface area contributed by atoms with E-state index < -0.39 is 12.5 Å². The van der Waals surface area contributed by atoms with E-state index >= 15 is 0 Å². The molecule has 4 unspecified atom stereocenters. The Bertz CT molecular complexity index is 203. The predicted molar refractivity (Wildman–Crippen MR) is 42.8 cm³/mol. The second-order valence-corrected chi connectivity index (χ2v) is 3.86. The molecule has 2 aliphatic rings. The molecule has 0 radical (unpaired) electrons. The summed E-state index contributed by atoms with van der Waals surface area (Å²) in [5.74, 6) is 0.892. The number of alkyl halides is 2. The van der Waals surface area contributed by atoms with Crippen LogP contribution in [-0.2, 0) is 0 Å². The van der Waals surface area contributed by atoms with Gasteiger partial charge in [0.2, 0.25) is 0 Å². The maximum atomic E-state index is 12.3. The highest BCUT2D eigenvalue weighted by atomic mass is 19.3. The van der Waals surface area contributed by atoms with Crippen molar-refractivity contribution in [2.45, 2.75) is 25.3 Å². The highest BCUT2D eigenvalue weighted by molar-refractivity contribution is 5.11. The third-order valence-corrected chi connectivity index (χ3v) is 3.12. The van der Waals surface area contributed by atoms with Gasteiger partial charge in [-0.2, -0.15) is 0 Å². The van der Waals surface area contributed by atoms with Gasteiger partial charge in [-0.25, -0.2) is 8.78 Å². The Morgan fingerprint density at radius 3 is 2.42 bits per heavy atom. The Labute approximate surface area is 70.6 Å². The van der Waals surface area contributed by atoms with E-state index in [1.165, 1.54) is 0 Å². The molecule has 2 rings (SSSR count). The predicted octanol–water partition coefficient (Wildman–Crippen LogP) is 1.79. The molecular formula is C9H13F2N. The summed E-state index contributed by atoms with van der Waals surface area (Å²) in [6.07, 6.45) is 3.75. The Balaban J connectivity index is 2.03. The van der Waals surface area contributed by atoms with E-state index in [0.29, 0.717) is 11.8 Å². The van der Waals surface area contributed by atoms with Crippen LogP contribution >= 0.6 is 0 Å². The summed E-state index contributed by atoms with van der Waals surface area (Å²) in [7, 11) is 0. The zero-order valence-electron chi connectivity index (χ0n) is 6.79. The van der Waals surface area contributed by atoms with Gasteiger partial charge in [0.05, 0.1) is 6.04 Å². The summed E-state index contributed by atoms with van der Waals surface area (Å²) < 4.78 is 24.5. The number of fused-ring (bicyclic) bond motifs is 2. The lowest BCUT2D eigenvalue weighted by Crippen LogP contribution is -2.38. The van der Waals surface area contributed by atoms with Gasteiger partial charge in [-0.3, -0.25) is 0 Å². The van der Waals surface area contributed by atoms with Crippen molar-refractivity contribution in [2.75, 3.05) is 0 Å². The Hall–Kier alpha value is -0.440.